The Morgan fingerprint density at radius 2 is 1.86 bits per heavy atom. The summed E-state index contributed by atoms with van der Waals surface area (Å²) in [5.74, 6) is 0.820. The van der Waals surface area contributed by atoms with Crippen LogP contribution >= 0.6 is 0 Å². The smallest absolute Gasteiger partial charge is 0.166 e. The summed E-state index contributed by atoms with van der Waals surface area (Å²) >= 11 is 0. The van der Waals surface area contributed by atoms with E-state index in [0.717, 1.165) is 16.8 Å². The second-order valence-corrected chi connectivity index (χ2v) is 6.34. The second-order valence-electron chi connectivity index (χ2n) is 6.34. The third kappa shape index (κ3) is 3.18. The Kier molecular flexibility index (Phi) is 4.49. The van der Waals surface area contributed by atoms with E-state index in [1.165, 1.54) is 13.2 Å². The number of nitrogens with one attached hydrogen (secondary N) is 1. The van der Waals surface area contributed by atoms with E-state index in [2.05, 4.69) is 19.9 Å². The molecule has 0 unspecified atom stereocenters. The van der Waals surface area contributed by atoms with Crippen LogP contribution in [0.25, 0.3) is 33.9 Å². The molecule has 4 rings (SSSR count). The number of aryl methyl sites for hydroxylation is 1. The lowest BCUT2D eigenvalue weighted by atomic mass is 10.1. The zero-order valence-electron chi connectivity index (χ0n) is 15.4. The third-order valence-electron chi connectivity index (χ3n) is 4.42. The van der Waals surface area contributed by atoms with Crippen LogP contribution in [0.2, 0.25) is 0 Å². The first-order valence-corrected chi connectivity index (χ1v) is 8.63. The average Bonchev–Trinajstić information content (AvgIpc) is 3.16. The third-order valence-corrected chi connectivity index (χ3v) is 4.42. The summed E-state index contributed by atoms with van der Waals surface area (Å²) in [5, 5.41) is 0. The Morgan fingerprint density at radius 1 is 1.07 bits per heavy atom. The quantitative estimate of drug-likeness (QED) is 0.557. The van der Waals surface area contributed by atoms with Gasteiger partial charge in [-0.2, -0.15) is 0 Å². The van der Waals surface area contributed by atoms with Crippen LogP contribution in [0, 0.1) is 12.7 Å². The number of imidazole rings is 1. The summed E-state index contributed by atoms with van der Waals surface area (Å²) in [5.41, 5.74) is 10.1. The number of pyridine rings is 2. The summed E-state index contributed by atoms with van der Waals surface area (Å²) < 4.78 is 19.7. The number of nitrogen functional groups attached to an aromatic ring is 1. The van der Waals surface area contributed by atoms with E-state index in [9.17, 15) is 4.39 Å². The maximum absolute atomic E-state index is 14.5. The van der Waals surface area contributed by atoms with Crippen molar-refractivity contribution in [3.63, 3.8) is 0 Å². The van der Waals surface area contributed by atoms with Gasteiger partial charge in [0.25, 0.3) is 0 Å². The van der Waals surface area contributed by atoms with Crippen molar-refractivity contribution in [2.75, 3.05) is 12.8 Å². The van der Waals surface area contributed by atoms with E-state index in [0.29, 0.717) is 28.4 Å². The molecular weight excluding hydrogens is 357 g/mol. The SMILES string of the molecule is COc1cc(-c2nc(-c3cc(C)ccc3F)[nH]c2-c2ccncc2)cnc1N. The van der Waals surface area contributed by atoms with Gasteiger partial charge in [-0.1, -0.05) is 11.6 Å². The Labute approximate surface area is 161 Å². The van der Waals surface area contributed by atoms with Gasteiger partial charge < -0.3 is 15.5 Å². The van der Waals surface area contributed by atoms with Gasteiger partial charge in [0.2, 0.25) is 0 Å². The number of aromatic nitrogens is 4. The molecule has 0 aliphatic carbocycles. The van der Waals surface area contributed by atoms with Gasteiger partial charge in [-0.25, -0.2) is 14.4 Å². The fraction of sp³-hybridized carbons (Fsp3) is 0.0952. The fourth-order valence-electron chi connectivity index (χ4n) is 3.01. The summed E-state index contributed by atoms with van der Waals surface area (Å²) in [4.78, 5) is 16.2. The summed E-state index contributed by atoms with van der Waals surface area (Å²) in [7, 11) is 1.53. The number of hydrogen-bond acceptors (Lipinski definition) is 5. The highest BCUT2D eigenvalue weighted by atomic mass is 19.1. The number of nitrogens with zero attached hydrogens (tertiary/aromatic N) is 3. The minimum atomic E-state index is -0.347. The molecule has 140 valence electrons. The number of rotatable bonds is 4. The zero-order chi connectivity index (χ0) is 19.7. The predicted octanol–water partition coefficient (Wildman–Crippen LogP) is 4.24. The number of hydrogen-bond donors (Lipinski definition) is 2. The van der Waals surface area contributed by atoms with Crippen LogP contribution in [0.15, 0.2) is 55.0 Å². The Bertz CT molecular complexity index is 1140. The fourth-order valence-corrected chi connectivity index (χ4v) is 3.01. The number of aromatic amines is 1. The van der Waals surface area contributed by atoms with Crippen LogP contribution in [-0.2, 0) is 0 Å². The lowest BCUT2D eigenvalue weighted by Gasteiger charge is -2.07. The maximum atomic E-state index is 14.5. The normalized spacial score (nSPS) is 10.8. The largest absolute Gasteiger partial charge is 0.493 e. The van der Waals surface area contributed by atoms with E-state index < -0.39 is 0 Å². The van der Waals surface area contributed by atoms with Crippen LogP contribution in [0.1, 0.15) is 5.56 Å². The molecule has 0 bridgehead atoms. The zero-order valence-corrected chi connectivity index (χ0v) is 15.4. The molecule has 1 aromatic carbocycles. The van der Waals surface area contributed by atoms with Gasteiger partial charge in [-0.3, -0.25) is 4.98 Å². The van der Waals surface area contributed by atoms with E-state index in [1.54, 1.807) is 36.8 Å². The molecule has 0 atom stereocenters. The highest BCUT2D eigenvalue weighted by Gasteiger charge is 2.18. The monoisotopic (exact) mass is 375 g/mol. The maximum Gasteiger partial charge on any atom is 0.166 e. The molecule has 3 N–H and O–H groups in total. The van der Waals surface area contributed by atoms with Gasteiger partial charge in [0.05, 0.1) is 24.1 Å². The second kappa shape index (κ2) is 7.11. The molecule has 0 aliphatic heterocycles. The average molecular weight is 375 g/mol. The highest BCUT2D eigenvalue weighted by Crippen LogP contribution is 2.35. The Morgan fingerprint density at radius 3 is 2.61 bits per heavy atom. The number of nitrogens with two attached hydrogens (primary N) is 1. The number of halogens is 1. The summed E-state index contributed by atoms with van der Waals surface area (Å²) in [6.07, 6.45) is 5.00. The Balaban J connectivity index is 1.94. The van der Waals surface area contributed by atoms with Crippen molar-refractivity contribution < 1.29 is 9.13 Å². The van der Waals surface area contributed by atoms with Crippen LogP contribution in [0.5, 0.6) is 5.75 Å². The molecule has 0 amide bonds. The van der Waals surface area contributed by atoms with E-state index in [-0.39, 0.29) is 11.6 Å². The van der Waals surface area contributed by atoms with Gasteiger partial charge in [0.1, 0.15) is 11.6 Å². The molecule has 28 heavy (non-hydrogen) atoms. The van der Waals surface area contributed by atoms with Gasteiger partial charge in [-0.05, 0) is 37.3 Å². The summed E-state index contributed by atoms with van der Waals surface area (Å²) in [6.45, 7) is 1.91. The van der Waals surface area contributed by atoms with Gasteiger partial charge in [-0.15, -0.1) is 0 Å². The molecule has 0 fully saturated rings. The Hall–Kier alpha value is -3.74. The summed E-state index contributed by atoms with van der Waals surface area (Å²) in [6, 6.07) is 10.4. The predicted molar refractivity (Wildman–Crippen MR) is 106 cm³/mol. The van der Waals surface area contributed by atoms with E-state index >= 15 is 0 Å². The van der Waals surface area contributed by atoms with Crippen LogP contribution in [0.4, 0.5) is 10.2 Å². The van der Waals surface area contributed by atoms with Crippen LogP contribution in [0.3, 0.4) is 0 Å². The molecule has 3 heterocycles. The van der Waals surface area contributed by atoms with Gasteiger partial charge in [0.15, 0.2) is 11.6 Å². The molecule has 0 radical (unpaired) electrons. The molecule has 0 spiro atoms. The minimum Gasteiger partial charge on any atom is -0.493 e. The van der Waals surface area contributed by atoms with Crippen LogP contribution < -0.4 is 10.5 Å². The van der Waals surface area contributed by atoms with Crippen molar-refractivity contribution in [1.82, 2.24) is 19.9 Å². The van der Waals surface area contributed by atoms with Crippen molar-refractivity contribution >= 4 is 5.82 Å². The number of methoxy groups -OCH3 is 1. The van der Waals surface area contributed by atoms with E-state index in [4.69, 9.17) is 10.5 Å². The topological polar surface area (TPSA) is 89.7 Å². The van der Waals surface area contributed by atoms with Crippen molar-refractivity contribution in [1.29, 1.82) is 0 Å². The highest BCUT2D eigenvalue weighted by molar-refractivity contribution is 5.82. The molecule has 3 aromatic heterocycles. The van der Waals surface area contributed by atoms with Crippen molar-refractivity contribution in [2.45, 2.75) is 6.92 Å². The first-order valence-electron chi connectivity index (χ1n) is 8.63. The van der Waals surface area contributed by atoms with E-state index in [1.807, 2.05) is 19.1 Å². The first-order chi connectivity index (χ1) is 13.6. The molecule has 6 nitrogen and oxygen atoms in total. The standard InChI is InChI=1S/C21H18FN5O/c1-12-3-4-16(22)15(9-12)21-26-18(13-5-7-24-8-6-13)19(27-21)14-10-17(28-2)20(23)25-11-14/h3-11H,1-2H3,(H2,23,25)(H,26,27). The number of anilines is 1. The van der Waals surface area contributed by atoms with Crippen LogP contribution in [-0.4, -0.2) is 27.0 Å². The molecule has 4 aromatic rings. The van der Waals surface area contributed by atoms with Crippen molar-refractivity contribution in [3.8, 4) is 39.7 Å². The molecule has 0 saturated heterocycles. The first kappa shape index (κ1) is 17.7. The lowest BCUT2D eigenvalue weighted by Crippen LogP contribution is -1.96. The van der Waals surface area contributed by atoms with Crippen molar-refractivity contribution in [2.24, 2.45) is 0 Å². The number of H-pyrrole nitrogens is 1. The molecule has 0 aliphatic rings. The molecule has 0 saturated carbocycles. The van der Waals surface area contributed by atoms with Gasteiger partial charge in [0, 0.05) is 29.7 Å². The number of ether oxygens (including phenoxy) is 1. The lowest BCUT2D eigenvalue weighted by molar-refractivity contribution is 0.415. The molecule has 7 heteroatoms. The molecular formula is C21H18FN5O. The van der Waals surface area contributed by atoms with Gasteiger partial charge >= 0.3 is 0 Å². The number of benzene rings is 1. The van der Waals surface area contributed by atoms with Crippen molar-refractivity contribution in [3.05, 3.63) is 66.4 Å². The minimum absolute atomic E-state index is 0.289.